The summed E-state index contributed by atoms with van der Waals surface area (Å²) in [5, 5.41) is 14.2. The fourth-order valence-electron chi connectivity index (χ4n) is 3.42. The lowest BCUT2D eigenvalue weighted by atomic mass is 9.95. The van der Waals surface area contributed by atoms with Crippen LogP contribution in [0.15, 0.2) is 48.5 Å². The molecule has 1 saturated heterocycles. The minimum Gasteiger partial charge on any atom is -0.366 e. The number of anilines is 1. The maximum atomic E-state index is 12.6. The van der Waals surface area contributed by atoms with Crippen molar-refractivity contribution in [2.75, 3.05) is 25.0 Å². The Morgan fingerprint density at radius 1 is 1.07 bits per heavy atom. The van der Waals surface area contributed by atoms with E-state index in [1.165, 1.54) is 6.07 Å². The third-order valence-corrected chi connectivity index (χ3v) is 4.92. The van der Waals surface area contributed by atoms with Gasteiger partial charge in [0.25, 0.3) is 5.69 Å². The van der Waals surface area contributed by atoms with E-state index >= 15 is 0 Å². The van der Waals surface area contributed by atoms with Gasteiger partial charge >= 0.3 is 0 Å². The van der Waals surface area contributed by atoms with Crippen molar-refractivity contribution in [3.05, 3.63) is 69.8 Å². The zero-order valence-corrected chi connectivity index (χ0v) is 15.1. The lowest BCUT2D eigenvalue weighted by Gasteiger charge is -2.32. The van der Waals surface area contributed by atoms with Gasteiger partial charge in [0.05, 0.1) is 4.92 Å². The second kappa shape index (κ2) is 7.99. The molecule has 0 radical (unpaired) electrons. The van der Waals surface area contributed by atoms with Crippen LogP contribution in [0.3, 0.4) is 0 Å². The Kier molecular flexibility index (Phi) is 5.49. The Bertz CT molecular complexity index is 859. The largest absolute Gasteiger partial charge is 0.366 e. The van der Waals surface area contributed by atoms with Crippen LogP contribution in [-0.4, -0.2) is 36.8 Å². The van der Waals surface area contributed by atoms with Crippen LogP contribution in [-0.2, 0) is 4.79 Å². The maximum absolute atomic E-state index is 12.6. The topological polar surface area (TPSA) is 92.6 Å². The predicted molar refractivity (Wildman–Crippen MR) is 102 cm³/mol. The number of nitrogens with one attached hydrogen (secondary N) is 1. The number of hydrogen-bond acceptors (Lipinski definition) is 5. The van der Waals surface area contributed by atoms with Gasteiger partial charge in [0, 0.05) is 43.2 Å². The zero-order chi connectivity index (χ0) is 19.4. The Morgan fingerprint density at radius 2 is 1.74 bits per heavy atom. The van der Waals surface area contributed by atoms with Gasteiger partial charge in [-0.1, -0.05) is 30.3 Å². The quantitative estimate of drug-likeness (QED) is 0.498. The van der Waals surface area contributed by atoms with Crippen LogP contribution in [0, 0.1) is 16.0 Å². The van der Waals surface area contributed by atoms with Gasteiger partial charge in [0.2, 0.25) is 5.91 Å². The van der Waals surface area contributed by atoms with Crippen LogP contribution in [0.1, 0.15) is 28.8 Å². The third-order valence-electron chi connectivity index (χ3n) is 4.92. The lowest BCUT2D eigenvalue weighted by molar-refractivity contribution is -0.384. The number of nitrogens with zero attached hydrogens (tertiary/aromatic N) is 2. The van der Waals surface area contributed by atoms with Crippen LogP contribution in [0.5, 0.6) is 0 Å². The molecule has 0 saturated carbocycles. The third kappa shape index (κ3) is 3.97. The number of nitro groups is 1. The molecule has 1 heterocycles. The summed E-state index contributed by atoms with van der Waals surface area (Å²) < 4.78 is 0. The summed E-state index contributed by atoms with van der Waals surface area (Å²) in [6.07, 6.45) is 1.28. The Hall–Kier alpha value is -3.22. The molecule has 1 amide bonds. The number of benzene rings is 2. The van der Waals surface area contributed by atoms with Crippen LogP contribution in [0.4, 0.5) is 11.4 Å². The van der Waals surface area contributed by atoms with Crippen molar-refractivity contribution >= 4 is 23.1 Å². The highest BCUT2D eigenvalue weighted by Gasteiger charge is 2.28. The molecule has 1 N–H and O–H groups in total. The van der Waals surface area contributed by atoms with E-state index in [2.05, 4.69) is 5.32 Å². The van der Waals surface area contributed by atoms with E-state index < -0.39 is 4.92 Å². The molecule has 0 atom stereocenters. The molecule has 2 aromatic carbocycles. The summed E-state index contributed by atoms with van der Waals surface area (Å²) in [6.45, 7) is 1.12. The molecule has 0 unspecified atom stereocenters. The monoisotopic (exact) mass is 367 g/mol. The van der Waals surface area contributed by atoms with Gasteiger partial charge in [-0.05, 0) is 25.0 Å². The molecule has 27 heavy (non-hydrogen) atoms. The van der Waals surface area contributed by atoms with Crippen molar-refractivity contribution in [3.63, 3.8) is 0 Å². The van der Waals surface area contributed by atoms with Gasteiger partial charge in [-0.2, -0.15) is 0 Å². The lowest BCUT2D eigenvalue weighted by Crippen LogP contribution is -2.39. The Morgan fingerprint density at radius 3 is 2.33 bits per heavy atom. The number of amides is 1. The van der Waals surface area contributed by atoms with E-state index in [9.17, 15) is 19.7 Å². The molecule has 2 aromatic rings. The van der Waals surface area contributed by atoms with E-state index in [0.717, 1.165) is 0 Å². The summed E-state index contributed by atoms with van der Waals surface area (Å²) in [4.78, 5) is 37.4. The van der Waals surface area contributed by atoms with Crippen molar-refractivity contribution in [1.82, 2.24) is 5.32 Å². The van der Waals surface area contributed by atoms with Crippen LogP contribution < -0.4 is 10.2 Å². The highest BCUT2D eigenvalue weighted by atomic mass is 16.6. The van der Waals surface area contributed by atoms with Crippen LogP contribution in [0.2, 0.25) is 0 Å². The first-order valence-corrected chi connectivity index (χ1v) is 8.86. The molecule has 0 aliphatic carbocycles. The Labute approximate surface area is 157 Å². The molecule has 3 rings (SSSR count). The average Bonchev–Trinajstić information content (AvgIpc) is 2.73. The van der Waals surface area contributed by atoms with Gasteiger partial charge in [-0.25, -0.2) is 0 Å². The van der Waals surface area contributed by atoms with Gasteiger partial charge in [-0.15, -0.1) is 0 Å². The number of nitro benzene ring substituents is 1. The number of hydrogen-bond donors (Lipinski definition) is 1. The van der Waals surface area contributed by atoms with Crippen molar-refractivity contribution in [2.24, 2.45) is 5.92 Å². The number of carbonyl (C=O) groups is 2. The van der Waals surface area contributed by atoms with E-state index in [1.807, 2.05) is 11.0 Å². The summed E-state index contributed by atoms with van der Waals surface area (Å²) in [7, 11) is 1.61. The molecule has 0 spiro atoms. The zero-order valence-electron chi connectivity index (χ0n) is 15.1. The number of ketones is 1. The fraction of sp³-hybridized carbons (Fsp3) is 0.300. The van der Waals surface area contributed by atoms with E-state index in [4.69, 9.17) is 0 Å². The number of piperidine rings is 1. The molecule has 1 aliphatic heterocycles. The predicted octanol–water partition coefficient (Wildman–Crippen LogP) is 2.79. The summed E-state index contributed by atoms with van der Waals surface area (Å²) in [6, 6.07) is 13.3. The molecular formula is C20H21N3O4. The first-order chi connectivity index (χ1) is 13.0. The van der Waals surface area contributed by atoms with Crippen molar-refractivity contribution < 1.29 is 14.5 Å². The van der Waals surface area contributed by atoms with Crippen LogP contribution >= 0.6 is 0 Å². The number of carbonyl (C=O) groups excluding carboxylic acids is 2. The molecule has 0 bridgehead atoms. The minimum atomic E-state index is -0.456. The van der Waals surface area contributed by atoms with Gasteiger partial charge in [-0.3, -0.25) is 19.7 Å². The van der Waals surface area contributed by atoms with Crippen molar-refractivity contribution in [1.29, 1.82) is 0 Å². The summed E-state index contributed by atoms with van der Waals surface area (Å²) in [5.74, 6) is -0.305. The molecule has 140 valence electrons. The normalized spacial score (nSPS) is 14.6. The summed E-state index contributed by atoms with van der Waals surface area (Å²) in [5.41, 5.74) is 1.18. The van der Waals surface area contributed by atoms with E-state index in [-0.39, 0.29) is 28.9 Å². The molecular weight excluding hydrogens is 346 g/mol. The first-order valence-electron chi connectivity index (χ1n) is 8.86. The van der Waals surface area contributed by atoms with Crippen molar-refractivity contribution in [3.8, 4) is 0 Å². The molecule has 7 nitrogen and oxygen atoms in total. The second-order valence-corrected chi connectivity index (χ2v) is 6.53. The number of rotatable bonds is 5. The summed E-state index contributed by atoms with van der Waals surface area (Å²) >= 11 is 0. The highest BCUT2D eigenvalue weighted by molar-refractivity contribution is 6.09. The fourth-order valence-corrected chi connectivity index (χ4v) is 3.42. The Balaban J connectivity index is 1.84. The molecule has 7 heteroatoms. The maximum Gasteiger partial charge on any atom is 0.293 e. The molecule has 1 aliphatic rings. The van der Waals surface area contributed by atoms with Gasteiger partial charge in [0.15, 0.2) is 5.78 Å². The van der Waals surface area contributed by atoms with Gasteiger partial charge in [0.1, 0.15) is 5.69 Å². The van der Waals surface area contributed by atoms with Crippen LogP contribution in [0.25, 0.3) is 0 Å². The van der Waals surface area contributed by atoms with Crippen molar-refractivity contribution in [2.45, 2.75) is 12.8 Å². The smallest absolute Gasteiger partial charge is 0.293 e. The minimum absolute atomic E-state index is 0.00737. The first kappa shape index (κ1) is 18.6. The SMILES string of the molecule is CNC(=O)C1CCN(c2ccc(C(=O)c3ccccc3)cc2[N+](=O)[O-])CC1. The molecule has 0 aromatic heterocycles. The van der Waals surface area contributed by atoms with Gasteiger partial charge < -0.3 is 10.2 Å². The molecule has 1 fully saturated rings. The average molecular weight is 367 g/mol. The standard InChI is InChI=1S/C20H21N3O4/c1-21-20(25)15-9-11-22(12-10-15)17-8-7-16(13-18(17)23(26)27)19(24)14-5-3-2-4-6-14/h2-8,13,15H,9-12H2,1H3,(H,21,25). The van der Waals surface area contributed by atoms with E-state index in [1.54, 1.807) is 43.4 Å². The van der Waals surface area contributed by atoms with E-state index in [0.29, 0.717) is 37.2 Å². The highest BCUT2D eigenvalue weighted by Crippen LogP contribution is 2.33. The second-order valence-electron chi connectivity index (χ2n) is 6.53.